The van der Waals surface area contributed by atoms with E-state index in [-0.39, 0.29) is 6.04 Å². The molecule has 2 nitrogen and oxygen atoms in total. The molecule has 0 radical (unpaired) electrons. The van der Waals surface area contributed by atoms with Crippen molar-refractivity contribution >= 4 is 23.1 Å². The topological polar surface area (TPSA) is 38.9 Å². The fourth-order valence-corrected chi connectivity index (χ4v) is 3.67. The van der Waals surface area contributed by atoms with Crippen LogP contribution >= 0.6 is 23.1 Å². The van der Waals surface area contributed by atoms with E-state index in [2.05, 4.69) is 24.0 Å². The minimum Gasteiger partial charge on any atom is -0.323 e. The summed E-state index contributed by atoms with van der Waals surface area (Å²) in [6.07, 6.45) is 2.88. The molecular formula is C13H16N2S2. The van der Waals surface area contributed by atoms with Gasteiger partial charge in [0.25, 0.3) is 0 Å². The molecule has 2 unspecified atom stereocenters. The smallest absolute Gasteiger partial charge is 0.150 e. The average molecular weight is 264 g/mol. The lowest BCUT2D eigenvalue weighted by molar-refractivity contribution is 0.656. The van der Waals surface area contributed by atoms with Crippen molar-refractivity contribution in [1.82, 2.24) is 4.98 Å². The number of nitrogens with two attached hydrogens (primary N) is 1. The number of thiazole rings is 1. The van der Waals surface area contributed by atoms with Crippen molar-refractivity contribution in [3.63, 3.8) is 0 Å². The third-order valence-electron chi connectivity index (χ3n) is 2.65. The van der Waals surface area contributed by atoms with Crippen LogP contribution in [0, 0.1) is 0 Å². The van der Waals surface area contributed by atoms with Gasteiger partial charge in [0.2, 0.25) is 0 Å². The summed E-state index contributed by atoms with van der Waals surface area (Å²) in [5.41, 5.74) is 7.52. The molecule has 4 heteroatoms. The lowest BCUT2D eigenvalue weighted by Crippen LogP contribution is -2.23. The van der Waals surface area contributed by atoms with Crippen molar-refractivity contribution in [3.8, 4) is 0 Å². The highest BCUT2D eigenvalue weighted by molar-refractivity contribution is 8.01. The maximum absolute atomic E-state index is 6.32. The van der Waals surface area contributed by atoms with Crippen LogP contribution in [0.1, 0.15) is 24.9 Å². The largest absolute Gasteiger partial charge is 0.323 e. The second-order valence-electron chi connectivity index (χ2n) is 3.80. The molecule has 2 N–H and O–H groups in total. The van der Waals surface area contributed by atoms with Crippen LogP contribution in [0.25, 0.3) is 0 Å². The summed E-state index contributed by atoms with van der Waals surface area (Å²) in [5.74, 6) is 0. The Kier molecular flexibility index (Phi) is 4.59. The normalized spacial score (nSPS) is 14.5. The molecule has 1 heterocycles. The Hall–Kier alpha value is -0.840. The molecule has 2 atom stereocenters. The van der Waals surface area contributed by atoms with Crippen LogP contribution in [-0.4, -0.2) is 10.2 Å². The number of rotatable bonds is 5. The molecule has 90 valence electrons. The molecule has 0 aliphatic heterocycles. The second kappa shape index (κ2) is 6.19. The second-order valence-corrected chi connectivity index (χ2v) is 6.18. The molecule has 17 heavy (non-hydrogen) atoms. The number of benzene rings is 1. The van der Waals surface area contributed by atoms with E-state index in [9.17, 15) is 0 Å². The molecule has 2 rings (SSSR count). The number of hydrogen-bond acceptors (Lipinski definition) is 4. The monoisotopic (exact) mass is 264 g/mol. The first kappa shape index (κ1) is 12.6. The van der Waals surface area contributed by atoms with Crippen LogP contribution in [-0.2, 0) is 0 Å². The molecule has 0 aliphatic rings. The summed E-state index contributed by atoms with van der Waals surface area (Å²) >= 11 is 3.46. The Balaban J connectivity index is 2.08. The van der Waals surface area contributed by atoms with Gasteiger partial charge in [-0.1, -0.05) is 49.0 Å². The summed E-state index contributed by atoms with van der Waals surface area (Å²) in [5, 5.41) is 2.38. The first-order valence-corrected chi connectivity index (χ1v) is 7.44. The Labute approximate surface area is 110 Å². The van der Waals surface area contributed by atoms with Crippen molar-refractivity contribution in [1.29, 1.82) is 0 Å². The molecular weight excluding hydrogens is 248 g/mol. The third kappa shape index (κ3) is 3.31. The Bertz CT molecular complexity index is 428. The maximum atomic E-state index is 6.32. The molecule has 2 aromatic rings. The molecule has 1 aromatic heterocycles. The highest BCUT2D eigenvalue weighted by Crippen LogP contribution is 2.33. The van der Waals surface area contributed by atoms with Gasteiger partial charge in [-0.15, -0.1) is 11.3 Å². The van der Waals surface area contributed by atoms with Crippen molar-refractivity contribution in [3.05, 3.63) is 47.5 Å². The van der Waals surface area contributed by atoms with Gasteiger partial charge in [-0.05, 0) is 12.0 Å². The van der Waals surface area contributed by atoms with Crippen molar-refractivity contribution < 1.29 is 0 Å². The molecule has 1 aromatic carbocycles. The average Bonchev–Trinajstić information content (AvgIpc) is 2.89. The van der Waals surface area contributed by atoms with Crippen LogP contribution in [0.4, 0.5) is 0 Å². The van der Waals surface area contributed by atoms with Crippen molar-refractivity contribution in [2.24, 2.45) is 5.73 Å². The van der Waals surface area contributed by atoms with Crippen LogP contribution < -0.4 is 5.73 Å². The number of hydrogen-bond donors (Lipinski definition) is 1. The molecule has 0 saturated heterocycles. The molecule has 0 saturated carbocycles. The van der Waals surface area contributed by atoms with Gasteiger partial charge in [-0.3, -0.25) is 0 Å². The summed E-state index contributed by atoms with van der Waals surface area (Å²) in [6, 6.07) is 10.3. The van der Waals surface area contributed by atoms with E-state index in [0.29, 0.717) is 5.25 Å². The lowest BCUT2D eigenvalue weighted by atomic mass is 10.0. The predicted octanol–water partition coefficient (Wildman–Crippen LogP) is 3.71. The van der Waals surface area contributed by atoms with Crippen LogP contribution in [0.5, 0.6) is 0 Å². The summed E-state index contributed by atoms with van der Waals surface area (Å²) in [4.78, 5) is 4.31. The quantitative estimate of drug-likeness (QED) is 0.837. The van der Waals surface area contributed by atoms with Crippen molar-refractivity contribution in [2.45, 2.75) is 29.0 Å². The minimum absolute atomic E-state index is 0.0649. The minimum atomic E-state index is 0.0649. The van der Waals surface area contributed by atoms with Gasteiger partial charge in [-0.25, -0.2) is 4.98 Å². The summed E-state index contributed by atoms with van der Waals surface area (Å²) in [6.45, 7) is 2.17. The maximum Gasteiger partial charge on any atom is 0.150 e. The first-order chi connectivity index (χ1) is 8.31. The van der Waals surface area contributed by atoms with Gasteiger partial charge in [0.1, 0.15) is 4.34 Å². The third-order valence-corrected chi connectivity index (χ3v) is 5.03. The van der Waals surface area contributed by atoms with Crippen LogP contribution in [0.3, 0.4) is 0 Å². The lowest BCUT2D eigenvalue weighted by Gasteiger charge is -2.21. The van der Waals surface area contributed by atoms with E-state index in [1.807, 2.05) is 29.8 Å². The van der Waals surface area contributed by atoms with Gasteiger partial charge in [-0.2, -0.15) is 0 Å². The molecule has 0 bridgehead atoms. The van der Waals surface area contributed by atoms with E-state index < -0.39 is 0 Å². The zero-order valence-electron chi connectivity index (χ0n) is 9.74. The van der Waals surface area contributed by atoms with Crippen LogP contribution in [0.15, 0.2) is 46.2 Å². The zero-order valence-corrected chi connectivity index (χ0v) is 11.4. The van der Waals surface area contributed by atoms with E-state index in [4.69, 9.17) is 5.73 Å². The van der Waals surface area contributed by atoms with Crippen LogP contribution in [0.2, 0.25) is 0 Å². The zero-order chi connectivity index (χ0) is 12.1. The summed E-state index contributed by atoms with van der Waals surface area (Å²) in [7, 11) is 0. The predicted molar refractivity (Wildman–Crippen MR) is 75.4 cm³/mol. The van der Waals surface area contributed by atoms with Gasteiger partial charge in [0.15, 0.2) is 0 Å². The highest BCUT2D eigenvalue weighted by atomic mass is 32.2. The van der Waals surface area contributed by atoms with E-state index >= 15 is 0 Å². The molecule has 0 amide bonds. The molecule has 0 aliphatic carbocycles. The Morgan fingerprint density at radius 3 is 2.71 bits per heavy atom. The van der Waals surface area contributed by atoms with Gasteiger partial charge in [0.05, 0.1) is 0 Å². The number of nitrogens with zero attached hydrogens (tertiary/aromatic N) is 1. The first-order valence-electron chi connectivity index (χ1n) is 5.68. The van der Waals surface area contributed by atoms with E-state index in [0.717, 1.165) is 10.8 Å². The Morgan fingerprint density at radius 2 is 2.12 bits per heavy atom. The fourth-order valence-electron chi connectivity index (χ4n) is 1.70. The van der Waals surface area contributed by atoms with Gasteiger partial charge < -0.3 is 5.73 Å². The summed E-state index contributed by atoms with van der Waals surface area (Å²) < 4.78 is 1.10. The number of thioether (sulfide) groups is 1. The molecule has 0 spiro atoms. The van der Waals surface area contributed by atoms with E-state index in [1.165, 1.54) is 5.56 Å². The highest BCUT2D eigenvalue weighted by Gasteiger charge is 2.19. The Morgan fingerprint density at radius 1 is 1.35 bits per heavy atom. The standard InChI is InChI=1S/C13H16N2S2/c1-2-11(17-13-15-8-9-16-13)12(14)10-6-4-3-5-7-10/h3-9,11-12H,2,14H2,1H3. The van der Waals surface area contributed by atoms with E-state index in [1.54, 1.807) is 23.1 Å². The fraction of sp³-hybridized carbons (Fsp3) is 0.308. The number of aromatic nitrogens is 1. The SMILES string of the molecule is CCC(Sc1nccs1)C(N)c1ccccc1. The van der Waals surface area contributed by atoms with Gasteiger partial charge >= 0.3 is 0 Å². The van der Waals surface area contributed by atoms with Gasteiger partial charge in [0, 0.05) is 22.9 Å². The molecule has 0 fully saturated rings. The van der Waals surface area contributed by atoms with Crippen molar-refractivity contribution in [2.75, 3.05) is 0 Å².